The van der Waals surface area contributed by atoms with Crippen LogP contribution < -0.4 is 5.32 Å². The van der Waals surface area contributed by atoms with E-state index in [9.17, 15) is 0 Å². The molecule has 0 saturated carbocycles. The molecule has 1 heterocycles. The smallest absolute Gasteiger partial charge is 0.125 e. The molecule has 1 aromatic heterocycles. The van der Waals surface area contributed by atoms with Crippen LogP contribution in [0.15, 0.2) is 12.4 Å². The van der Waals surface area contributed by atoms with Crippen molar-refractivity contribution in [2.45, 2.75) is 19.4 Å². The lowest BCUT2D eigenvalue weighted by Crippen LogP contribution is -2.22. The van der Waals surface area contributed by atoms with Gasteiger partial charge in [-0.15, -0.1) is 0 Å². The van der Waals surface area contributed by atoms with Crippen molar-refractivity contribution in [2.75, 3.05) is 6.54 Å². The van der Waals surface area contributed by atoms with Crippen LogP contribution in [0.5, 0.6) is 0 Å². The quantitative estimate of drug-likeness (QED) is 0.699. The summed E-state index contributed by atoms with van der Waals surface area (Å²) in [7, 11) is 1.96. The largest absolute Gasteiger partial charge is 0.337 e. The van der Waals surface area contributed by atoms with Crippen LogP contribution >= 0.6 is 0 Å². The highest BCUT2D eigenvalue weighted by atomic mass is 15.1. The fourth-order valence-electron chi connectivity index (χ4n) is 1.23. The SMILES string of the molecule is CC(NCCC#N)c1nccn1C. The average Bonchev–Trinajstić information content (AvgIpc) is 2.52. The molecule has 0 aliphatic carbocycles. The summed E-state index contributed by atoms with van der Waals surface area (Å²) in [5.41, 5.74) is 0. The van der Waals surface area contributed by atoms with Crippen molar-refractivity contribution in [1.82, 2.24) is 14.9 Å². The maximum atomic E-state index is 8.35. The summed E-state index contributed by atoms with van der Waals surface area (Å²) in [4.78, 5) is 4.21. The normalized spacial score (nSPS) is 12.4. The number of rotatable bonds is 4. The van der Waals surface area contributed by atoms with Crippen LogP contribution in [0.25, 0.3) is 0 Å². The summed E-state index contributed by atoms with van der Waals surface area (Å²) in [5, 5.41) is 11.6. The number of aromatic nitrogens is 2. The van der Waals surface area contributed by atoms with E-state index < -0.39 is 0 Å². The van der Waals surface area contributed by atoms with E-state index in [1.54, 1.807) is 6.20 Å². The van der Waals surface area contributed by atoms with Gasteiger partial charge in [-0.2, -0.15) is 5.26 Å². The van der Waals surface area contributed by atoms with Crippen molar-refractivity contribution in [3.63, 3.8) is 0 Å². The number of hydrogen-bond donors (Lipinski definition) is 1. The monoisotopic (exact) mass is 178 g/mol. The summed E-state index contributed by atoms with van der Waals surface area (Å²) in [6, 6.07) is 2.30. The highest BCUT2D eigenvalue weighted by Crippen LogP contribution is 2.07. The Balaban J connectivity index is 2.45. The van der Waals surface area contributed by atoms with Crippen molar-refractivity contribution < 1.29 is 0 Å². The zero-order chi connectivity index (χ0) is 9.68. The van der Waals surface area contributed by atoms with E-state index in [1.807, 2.05) is 24.7 Å². The first-order valence-corrected chi connectivity index (χ1v) is 4.33. The number of hydrogen-bond acceptors (Lipinski definition) is 3. The third-order valence-electron chi connectivity index (χ3n) is 1.93. The molecule has 0 aliphatic heterocycles. The van der Waals surface area contributed by atoms with E-state index in [0.29, 0.717) is 13.0 Å². The maximum absolute atomic E-state index is 8.35. The molecular weight excluding hydrogens is 164 g/mol. The molecule has 0 amide bonds. The van der Waals surface area contributed by atoms with E-state index in [1.165, 1.54) is 0 Å². The molecule has 0 aliphatic rings. The Morgan fingerprint density at radius 1 is 1.77 bits per heavy atom. The van der Waals surface area contributed by atoms with Crippen LogP contribution in [-0.2, 0) is 7.05 Å². The van der Waals surface area contributed by atoms with Gasteiger partial charge in [0, 0.05) is 32.4 Å². The molecule has 1 aromatic rings. The van der Waals surface area contributed by atoms with Crippen LogP contribution in [0.1, 0.15) is 25.2 Å². The van der Waals surface area contributed by atoms with E-state index in [2.05, 4.69) is 16.4 Å². The van der Waals surface area contributed by atoms with Crippen LogP contribution in [0, 0.1) is 11.3 Å². The molecule has 1 atom stereocenters. The first kappa shape index (κ1) is 9.75. The second-order valence-corrected chi connectivity index (χ2v) is 2.98. The van der Waals surface area contributed by atoms with Gasteiger partial charge in [0.05, 0.1) is 12.1 Å². The molecule has 70 valence electrons. The average molecular weight is 178 g/mol. The van der Waals surface area contributed by atoms with E-state index in [0.717, 1.165) is 5.82 Å². The Hall–Kier alpha value is -1.34. The van der Waals surface area contributed by atoms with Crippen molar-refractivity contribution in [1.29, 1.82) is 5.26 Å². The summed E-state index contributed by atoms with van der Waals surface area (Å²) < 4.78 is 1.98. The van der Waals surface area contributed by atoms with Crippen molar-refractivity contribution in [2.24, 2.45) is 7.05 Å². The Kier molecular flexibility index (Phi) is 3.47. The van der Waals surface area contributed by atoms with Gasteiger partial charge in [-0.05, 0) is 6.92 Å². The Morgan fingerprint density at radius 2 is 2.54 bits per heavy atom. The molecule has 4 heteroatoms. The van der Waals surface area contributed by atoms with Crippen LogP contribution in [-0.4, -0.2) is 16.1 Å². The summed E-state index contributed by atoms with van der Waals surface area (Å²) in [5.74, 6) is 0.998. The molecule has 4 nitrogen and oxygen atoms in total. The summed E-state index contributed by atoms with van der Waals surface area (Å²) >= 11 is 0. The lowest BCUT2D eigenvalue weighted by Gasteiger charge is -2.11. The fourth-order valence-corrected chi connectivity index (χ4v) is 1.23. The van der Waals surface area contributed by atoms with E-state index in [4.69, 9.17) is 5.26 Å². The number of nitriles is 1. The lowest BCUT2D eigenvalue weighted by atomic mass is 10.3. The minimum atomic E-state index is 0.202. The second kappa shape index (κ2) is 4.63. The third kappa shape index (κ3) is 2.56. The minimum absolute atomic E-state index is 0.202. The highest BCUT2D eigenvalue weighted by Gasteiger charge is 2.07. The van der Waals surface area contributed by atoms with E-state index in [-0.39, 0.29) is 6.04 Å². The van der Waals surface area contributed by atoms with Crippen LogP contribution in [0.4, 0.5) is 0 Å². The van der Waals surface area contributed by atoms with Gasteiger partial charge < -0.3 is 9.88 Å². The molecule has 0 bridgehead atoms. The number of nitrogens with one attached hydrogen (secondary N) is 1. The Labute approximate surface area is 78.2 Å². The van der Waals surface area contributed by atoms with Gasteiger partial charge in [-0.3, -0.25) is 0 Å². The van der Waals surface area contributed by atoms with Gasteiger partial charge >= 0.3 is 0 Å². The minimum Gasteiger partial charge on any atom is -0.337 e. The van der Waals surface area contributed by atoms with Crippen LogP contribution in [0.3, 0.4) is 0 Å². The molecule has 0 fully saturated rings. The second-order valence-electron chi connectivity index (χ2n) is 2.98. The van der Waals surface area contributed by atoms with Crippen LogP contribution in [0.2, 0.25) is 0 Å². The first-order valence-electron chi connectivity index (χ1n) is 4.33. The number of nitrogens with zero attached hydrogens (tertiary/aromatic N) is 3. The topological polar surface area (TPSA) is 53.6 Å². The van der Waals surface area contributed by atoms with Crippen molar-refractivity contribution in [3.05, 3.63) is 18.2 Å². The predicted octanol–water partition coefficient (Wildman–Crippen LogP) is 0.984. The van der Waals surface area contributed by atoms with Gasteiger partial charge in [-0.1, -0.05) is 0 Å². The van der Waals surface area contributed by atoms with Gasteiger partial charge in [0.1, 0.15) is 5.82 Å². The molecule has 13 heavy (non-hydrogen) atoms. The zero-order valence-electron chi connectivity index (χ0n) is 7.99. The predicted molar refractivity (Wildman–Crippen MR) is 49.9 cm³/mol. The Morgan fingerprint density at radius 3 is 3.08 bits per heavy atom. The molecule has 0 radical (unpaired) electrons. The van der Waals surface area contributed by atoms with E-state index >= 15 is 0 Å². The summed E-state index contributed by atoms with van der Waals surface area (Å²) in [6.07, 6.45) is 4.23. The Bertz CT molecular complexity index is 297. The molecular formula is C9H14N4. The maximum Gasteiger partial charge on any atom is 0.125 e. The fraction of sp³-hybridized carbons (Fsp3) is 0.556. The zero-order valence-corrected chi connectivity index (χ0v) is 7.99. The molecule has 1 rings (SSSR count). The van der Waals surface area contributed by atoms with Gasteiger partial charge in [0.2, 0.25) is 0 Å². The van der Waals surface area contributed by atoms with Gasteiger partial charge in [0.15, 0.2) is 0 Å². The molecule has 0 spiro atoms. The number of imidazole rings is 1. The molecule has 0 aromatic carbocycles. The third-order valence-corrected chi connectivity index (χ3v) is 1.93. The standard InChI is InChI=1S/C9H14N4/c1-8(11-5-3-4-10)9-12-6-7-13(9)2/h6-8,11H,3,5H2,1-2H3. The van der Waals surface area contributed by atoms with Crippen molar-refractivity contribution in [3.8, 4) is 6.07 Å². The molecule has 1 unspecified atom stereocenters. The van der Waals surface area contributed by atoms with Gasteiger partial charge in [-0.25, -0.2) is 4.98 Å². The van der Waals surface area contributed by atoms with Gasteiger partial charge in [0.25, 0.3) is 0 Å². The molecule has 0 saturated heterocycles. The first-order chi connectivity index (χ1) is 6.25. The molecule has 1 N–H and O–H groups in total. The highest BCUT2D eigenvalue weighted by molar-refractivity contribution is 4.97. The summed E-state index contributed by atoms with van der Waals surface area (Å²) in [6.45, 7) is 2.75. The van der Waals surface area contributed by atoms with Crippen molar-refractivity contribution >= 4 is 0 Å². The lowest BCUT2D eigenvalue weighted by molar-refractivity contribution is 0.537. The number of aryl methyl sites for hydroxylation is 1.